The molecule has 0 radical (unpaired) electrons. The number of nitrogens with zero attached hydrogens (tertiary/aromatic N) is 5. The lowest BCUT2D eigenvalue weighted by atomic mass is 10.1. The number of thiophene rings is 1. The predicted molar refractivity (Wildman–Crippen MR) is 102 cm³/mol. The Morgan fingerprint density at radius 2 is 2.14 bits per heavy atom. The van der Waals surface area contributed by atoms with E-state index < -0.39 is 0 Å². The molecule has 0 unspecified atom stereocenters. The molecule has 0 aliphatic carbocycles. The fraction of sp³-hybridized carbons (Fsp3) is 0.263. The highest BCUT2D eigenvalue weighted by molar-refractivity contribution is 7.08. The van der Waals surface area contributed by atoms with Gasteiger partial charge >= 0.3 is 0 Å². The Balaban J connectivity index is 1.37. The molecular weight excluding hydrogens is 378 g/mol. The van der Waals surface area contributed by atoms with Crippen LogP contribution in [-0.2, 0) is 17.9 Å². The molecular formula is C19H17N5O3S. The van der Waals surface area contributed by atoms with Gasteiger partial charge in [0.15, 0.2) is 5.69 Å². The van der Waals surface area contributed by atoms with E-state index in [4.69, 9.17) is 14.0 Å². The number of aromatic nitrogens is 5. The van der Waals surface area contributed by atoms with E-state index in [-0.39, 0.29) is 6.10 Å². The first-order chi connectivity index (χ1) is 13.8. The van der Waals surface area contributed by atoms with E-state index in [2.05, 4.69) is 20.5 Å². The molecule has 0 bridgehead atoms. The molecule has 8 nitrogen and oxygen atoms in total. The van der Waals surface area contributed by atoms with Crippen LogP contribution in [0.25, 0.3) is 23.0 Å². The Morgan fingerprint density at radius 1 is 1.25 bits per heavy atom. The van der Waals surface area contributed by atoms with Gasteiger partial charge in [-0.25, -0.2) is 4.68 Å². The van der Waals surface area contributed by atoms with E-state index in [9.17, 15) is 0 Å². The quantitative estimate of drug-likeness (QED) is 0.509. The molecule has 28 heavy (non-hydrogen) atoms. The van der Waals surface area contributed by atoms with E-state index in [1.54, 1.807) is 11.3 Å². The Kier molecular flexibility index (Phi) is 4.38. The summed E-state index contributed by atoms with van der Waals surface area (Å²) in [6.07, 6.45) is -0.0956. The highest BCUT2D eigenvalue weighted by atomic mass is 32.1. The van der Waals surface area contributed by atoms with Crippen LogP contribution in [0.1, 0.15) is 24.3 Å². The average Bonchev–Trinajstić information content (AvgIpc) is 3.47. The minimum absolute atomic E-state index is 0.0956. The number of hydrogen-bond donors (Lipinski definition) is 0. The molecule has 1 aliphatic heterocycles. The number of benzene rings is 1. The van der Waals surface area contributed by atoms with Crippen LogP contribution >= 0.6 is 11.3 Å². The van der Waals surface area contributed by atoms with Crippen LogP contribution in [0.3, 0.4) is 0 Å². The molecule has 142 valence electrons. The second-order valence-corrected chi connectivity index (χ2v) is 7.08. The second-order valence-electron chi connectivity index (χ2n) is 6.30. The Bertz CT molecular complexity index is 1070. The Hall–Kier alpha value is -3.04. The van der Waals surface area contributed by atoms with Crippen LogP contribution < -0.4 is 4.74 Å². The van der Waals surface area contributed by atoms with Crippen LogP contribution in [0.4, 0.5) is 0 Å². The average molecular weight is 395 g/mol. The number of fused-ring (bicyclic) bond motifs is 1. The van der Waals surface area contributed by atoms with Crippen molar-refractivity contribution in [3.63, 3.8) is 0 Å². The van der Waals surface area contributed by atoms with Crippen LogP contribution in [0.15, 0.2) is 45.6 Å². The molecule has 0 saturated heterocycles. The maximum absolute atomic E-state index is 6.06. The van der Waals surface area contributed by atoms with E-state index in [1.807, 2.05) is 52.7 Å². The molecule has 1 aliphatic rings. The largest absolute Gasteiger partial charge is 0.494 e. The zero-order valence-corrected chi connectivity index (χ0v) is 15.9. The summed E-state index contributed by atoms with van der Waals surface area (Å²) in [5, 5.41) is 16.5. The number of ether oxygens (including phenoxy) is 2. The van der Waals surface area contributed by atoms with Gasteiger partial charge in [-0.1, -0.05) is 22.5 Å². The van der Waals surface area contributed by atoms with Crippen molar-refractivity contribution in [3.05, 3.63) is 52.3 Å². The standard InChI is InChI=1S/C19H17N5O3S/c1-2-25-14-5-3-12(4-6-14)16-9-24-15(10-26-16)17(21-23-24)19-20-18(22-27-19)13-7-8-28-11-13/h3-8,11,16H,2,9-10H2,1H3/t16-/m1/s1. The summed E-state index contributed by atoms with van der Waals surface area (Å²) in [7, 11) is 0. The molecule has 1 atom stereocenters. The molecule has 1 aromatic carbocycles. The third-order valence-electron chi connectivity index (χ3n) is 4.57. The van der Waals surface area contributed by atoms with Crippen molar-refractivity contribution in [3.8, 4) is 28.7 Å². The van der Waals surface area contributed by atoms with Crippen molar-refractivity contribution < 1.29 is 14.0 Å². The zero-order valence-electron chi connectivity index (χ0n) is 15.1. The number of rotatable bonds is 5. The molecule has 0 fully saturated rings. The maximum atomic E-state index is 6.06. The van der Waals surface area contributed by atoms with Gasteiger partial charge in [0.1, 0.15) is 11.9 Å². The lowest BCUT2D eigenvalue weighted by Crippen LogP contribution is -2.22. The summed E-state index contributed by atoms with van der Waals surface area (Å²) in [4.78, 5) is 4.45. The molecule has 0 saturated carbocycles. The summed E-state index contributed by atoms with van der Waals surface area (Å²) in [6, 6.07) is 9.89. The Morgan fingerprint density at radius 3 is 2.93 bits per heavy atom. The van der Waals surface area contributed by atoms with Gasteiger partial charge in [-0.05, 0) is 36.1 Å². The molecule has 4 aromatic rings. The third-order valence-corrected chi connectivity index (χ3v) is 5.25. The minimum Gasteiger partial charge on any atom is -0.494 e. The van der Waals surface area contributed by atoms with E-state index >= 15 is 0 Å². The van der Waals surface area contributed by atoms with Gasteiger partial charge in [-0.15, -0.1) is 5.10 Å². The topological polar surface area (TPSA) is 88.1 Å². The third kappa shape index (κ3) is 3.08. The van der Waals surface area contributed by atoms with E-state index in [0.717, 1.165) is 22.6 Å². The lowest BCUT2D eigenvalue weighted by molar-refractivity contribution is -0.00119. The van der Waals surface area contributed by atoms with Crippen molar-refractivity contribution in [2.24, 2.45) is 0 Å². The lowest BCUT2D eigenvalue weighted by Gasteiger charge is -2.24. The van der Waals surface area contributed by atoms with Crippen molar-refractivity contribution >= 4 is 11.3 Å². The zero-order chi connectivity index (χ0) is 18.9. The van der Waals surface area contributed by atoms with Crippen molar-refractivity contribution in [1.82, 2.24) is 25.1 Å². The number of hydrogen-bond acceptors (Lipinski definition) is 8. The van der Waals surface area contributed by atoms with E-state index in [1.165, 1.54) is 0 Å². The SMILES string of the molecule is CCOc1ccc([C@H]2Cn3nnc(-c4nc(-c5ccsc5)no4)c3CO2)cc1. The molecule has 9 heteroatoms. The highest BCUT2D eigenvalue weighted by Crippen LogP contribution is 2.31. The van der Waals surface area contributed by atoms with Gasteiger partial charge in [0.05, 0.1) is 25.5 Å². The smallest absolute Gasteiger partial charge is 0.280 e. The van der Waals surface area contributed by atoms with Crippen LogP contribution in [0, 0.1) is 0 Å². The van der Waals surface area contributed by atoms with Crippen molar-refractivity contribution in [1.29, 1.82) is 0 Å². The molecule has 0 N–H and O–H groups in total. The van der Waals surface area contributed by atoms with Gasteiger partial charge in [0.2, 0.25) is 5.82 Å². The summed E-state index contributed by atoms with van der Waals surface area (Å²) in [6.45, 7) is 3.56. The summed E-state index contributed by atoms with van der Waals surface area (Å²) in [5.41, 5.74) is 3.40. The molecule has 3 aromatic heterocycles. The first-order valence-corrected chi connectivity index (χ1v) is 9.89. The van der Waals surface area contributed by atoms with Gasteiger partial charge in [-0.3, -0.25) is 0 Å². The van der Waals surface area contributed by atoms with Crippen LogP contribution in [-0.4, -0.2) is 31.7 Å². The first-order valence-electron chi connectivity index (χ1n) is 8.95. The van der Waals surface area contributed by atoms with Crippen LogP contribution in [0.2, 0.25) is 0 Å². The minimum atomic E-state index is -0.0956. The summed E-state index contributed by atoms with van der Waals surface area (Å²) >= 11 is 1.58. The fourth-order valence-electron chi connectivity index (χ4n) is 3.15. The molecule has 0 amide bonds. The van der Waals surface area contributed by atoms with Gasteiger partial charge < -0.3 is 14.0 Å². The van der Waals surface area contributed by atoms with Crippen molar-refractivity contribution in [2.75, 3.05) is 6.61 Å². The Labute approximate surface area is 164 Å². The highest BCUT2D eigenvalue weighted by Gasteiger charge is 2.28. The fourth-order valence-corrected chi connectivity index (χ4v) is 3.79. The molecule has 0 spiro atoms. The summed E-state index contributed by atoms with van der Waals surface area (Å²) in [5.74, 6) is 1.75. The molecule has 5 rings (SSSR count). The normalized spacial score (nSPS) is 16.1. The van der Waals surface area contributed by atoms with Crippen LogP contribution in [0.5, 0.6) is 5.75 Å². The molecule has 4 heterocycles. The summed E-state index contributed by atoms with van der Waals surface area (Å²) < 4.78 is 18.8. The maximum Gasteiger partial charge on any atom is 0.280 e. The first kappa shape index (κ1) is 17.1. The van der Waals surface area contributed by atoms with Gasteiger partial charge in [0, 0.05) is 10.9 Å². The van der Waals surface area contributed by atoms with E-state index in [0.29, 0.717) is 37.2 Å². The second kappa shape index (κ2) is 7.17. The monoisotopic (exact) mass is 395 g/mol. The predicted octanol–water partition coefficient (Wildman–Crippen LogP) is 3.73. The van der Waals surface area contributed by atoms with Crippen molar-refractivity contribution in [2.45, 2.75) is 26.2 Å². The van der Waals surface area contributed by atoms with Gasteiger partial charge in [-0.2, -0.15) is 16.3 Å². The van der Waals surface area contributed by atoms with Gasteiger partial charge in [0.25, 0.3) is 5.89 Å².